The molecule has 2 N–H and O–H groups in total. The van der Waals surface area contributed by atoms with Gasteiger partial charge in [0, 0.05) is 0 Å². The lowest BCUT2D eigenvalue weighted by molar-refractivity contribution is 0.463. The van der Waals surface area contributed by atoms with Gasteiger partial charge in [-0.15, -0.1) is 0 Å². The van der Waals surface area contributed by atoms with Crippen LogP contribution in [0.1, 0.15) is 11.5 Å². The fourth-order valence-electron chi connectivity index (χ4n) is 1.31. The molecular weight excluding hydrogens is 406 g/mol. The van der Waals surface area contributed by atoms with Gasteiger partial charge in [-0.1, -0.05) is 0 Å². The van der Waals surface area contributed by atoms with Crippen LogP contribution in [0.2, 0.25) is 0 Å². The smallest absolute Gasteiger partial charge is 0.183 e. The highest BCUT2D eigenvalue weighted by Gasteiger charge is 2.12. The van der Waals surface area contributed by atoms with Crippen molar-refractivity contribution in [2.75, 3.05) is 5.73 Å². The third-order valence-electron chi connectivity index (χ3n) is 2.09. The van der Waals surface area contributed by atoms with E-state index in [4.69, 9.17) is 10.2 Å². The first kappa shape index (κ1) is 12.2. The minimum atomic E-state index is 0.502. The van der Waals surface area contributed by atoms with Gasteiger partial charge in [-0.25, -0.2) is 4.68 Å². The second kappa shape index (κ2) is 4.54. The summed E-state index contributed by atoms with van der Waals surface area (Å²) in [5, 5.41) is 4.30. The largest absolute Gasteiger partial charge is 0.451 e. The maximum Gasteiger partial charge on any atom is 0.183 e. The quantitative estimate of drug-likeness (QED) is 0.816. The fourth-order valence-corrected chi connectivity index (χ4v) is 2.26. The SMILES string of the molecule is Cc1nn(Cc2cc(Br)c(Br)o2)c(N)c1Br. The summed E-state index contributed by atoms with van der Waals surface area (Å²) in [6, 6.07) is 1.88. The monoisotopic (exact) mass is 411 g/mol. The second-order valence-corrected chi connectivity index (χ2v) is 5.64. The third kappa shape index (κ3) is 2.21. The number of aromatic nitrogens is 2. The number of furan rings is 1. The number of hydrogen-bond acceptors (Lipinski definition) is 3. The van der Waals surface area contributed by atoms with Crippen LogP contribution in [0.3, 0.4) is 0 Å². The van der Waals surface area contributed by atoms with E-state index in [1.165, 1.54) is 0 Å². The van der Waals surface area contributed by atoms with E-state index in [1.54, 1.807) is 4.68 Å². The van der Waals surface area contributed by atoms with Crippen LogP contribution in [0.15, 0.2) is 24.1 Å². The maximum atomic E-state index is 5.88. The molecule has 4 nitrogen and oxygen atoms in total. The molecule has 86 valence electrons. The molecule has 0 fully saturated rings. The Labute approximate surface area is 118 Å². The lowest BCUT2D eigenvalue weighted by Gasteiger charge is -2.00. The van der Waals surface area contributed by atoms with Crippen molar-refractivity contribution < 1.29 is 4.42 Å². The maximum absolute atomic E-state index is 5.88. The van der Waals surface area contributed by atoms with Gasteiger partial charge in [0.1, 0.15) is 18.1 Å². The molecule has 0 spiro atoms. The van der Waals surface area contributed by atoms with Gasteiger partial charge in [0.05, 0.1) is 14.6 Å². The highest BCUT2D eigenvalue weighted by Crippen LogP contribution is 2.29. The molecule has 0 saturated heterocycles. The number of halogens is 3. The van der Waals surface area contributed by atoms with E-state index in [0.29, 0.717) is 17.0 Å². The third-order valence-corrected chi connectivity index (χ3v) is 4.78. The first-order chi connectivity index (χ1) is 7.49. The first-order valence-electron chi connectivity index (χ1n) is 4.41. The van der Waals surface area contributed by atoms with Gasteiger partial charge in [0.2, 0.25) is 0 Å². The van der Waals surface area contributed by atoms with Crippen LogP contribution in [0, 0.1) is 6.92 Å². The van der Waals surface area contributed by atoms with Gasteiger partial charge in [-0.2, -0.15) is 5.10 Å². The molecule has 0 aromatic carbocycles. The van der Waals surface area contributed by atoms with E-state index in [9.17, 15) is 0 Å². The number of nitrogens with two attached hydrogens (primary N) is 1. The summed E-state index contributed by atoms with van der Waals surface area (Å²) in [7, 11) is 0. The first-order valence-corrected chi connectivity index (χ1v) is 6.79. The Morgan fingerprint density at radius 3 is 2.56 bits per heavy atom. The van der Waals surface area contributed by atoms with E-state index in [2.05, 4.69) is 52.9 Å². The van der Waals surface area contributed by atoms with Crippen molar-refractivity contribution in [3.63, 3.8) is 0 Å². The van der Waals surface area contributed by atoms with E-state index in [0.717, 1.165) is 20.4 Å². The zero-order chi connectivity index (χ0) is 11.9. The topological polar surface area (TPSA) is 57.0 Å². The number of rotatable bonds is 2. The van der Waals surface area contributed by atoms with Crippen molar-refractivity contribution in [1.82, 2.24) is 9.78 Å². The Balaban J connectivity index is 2.30. The molecule has 2 heterocycles. The minimum absolute atomic E-state index is 0.502. The number of hydrogen-bond donors (Lipinski definition) is 1. The average Bonchev–Trinajstić information content (AvgIpc) is 2.64. The molecule has 7 heteroatoms. The van der Waals surface area contributed by atoms with Gasteiger partial charge < -0.3 is 10.2 Å². The summed E-state index contributed by atoms with van der Waals surface area (Å²) in [5.74, 6) is 1.38. The molecule has 0 atom stereocenters. The van der Waals surface area contributed by atoms with Crippen molar-refractivity contribution in [3.05, 3.63) is 31.1 Å². The van der Waals surface area contributed by atoms with Crippen molar-refractivity contribution in [3.8, 4) is 0 Å². The summed E-state index contributed by atoms with van der Waals surface area (Å²) in [5.41, 5.74) is 6.75. The van der Waals surface area contributed by atoms with Crippen LogP contribution in [-0.4, -0.2) is 9.78 Å². The summed E-state index contributed by atoms with van der Waals surface area (Å²) in [6.45, 7) is 2.40. The molecule has 0 bridgehead atoms. The van der Waals surface area contributed by atoms with Crippen LogP contribution in [0.4, 0.5) is 5.82 Å². The van der Waals surface area contributed by atoms with Gasteiger partial charge in [-0.05, 0) is 60.8 Å². The summed E-state index contributed by atoms with van der Waals surface area (Å²) in [6.07, 6.45) is 0. The van der Waals surface area contributed by atoms with E-state index in [-0.39, 0.29) is 0 Å². The zero-order valence-corrected chi connectivity index (χ0v) is 13.1. The molecule has 16 heavy (non-hydrogen) atoms. The van der Waals surface area contributed by atoms with Gasteiger partial charge in [0.25, 0.3) is 0 Å². The highest BCUT2D eigenvalue weighted by atomic mass is 79.9. The fraction of sp³-hybridized carbons (Fsp3) is 0.222. The van der Waals surface area contributed by atoms with E-state index < -0.39 is 0 Å². The molecule has 2 rings (SSSR count). The highest BCUT2D eigenvalue weighted by molar-refractivity contribution is 9.13. The molecule has 0 saturated carbocycles. The Bertz CT molecular complexity index is 513. The molecule has 2 aromatic heterocycles. The van der Waals surface area contributed by atoms with E-state index >= 15 is 0 Å². The normalized spacial score (nSPS) is 11.0. The van der Waals surface area contributed by atoms with Crippen molar-refractivity contribution in [2.45, 2.75) is 13.5 Å². The lowest BCUT2D eigenvalue weighted by atomic mass is 10.4. The van der Waals surface area contributed by atoms with Crippen molar-refractivity contribution in [2.24, 2.45) is 0 Å². The predicted octanol–water partition coefficient (Wildman–Crippen LogP) is 3.70. The Kier molecular flexibility index (Phi) is 3.46. The Hall–Kier alpha value is -0.270. The number of nitrogens with zero attached hydrogens (tertiary/aromatic N) is 2. The van der Waals surface area contributed by atoms with Crippen LogP contribution < -0.4 is 5.73 Å². The molecule has 0 unspecified atom stereocenters. The second-order valence-electron chi connectivity index (χ2n) is 3.28. The molecule has 0 aliphatic heterocycles. The minimum Gasteiger partial charge on any atom is -0.451 e. The lowest BCUT2D eigenvalue weighted by Crippen LogP contribution is -2.05. The van der Waals surface area contributed by atoms with Crippen LogP contribution in [-0.2, 0) is 6.54 Å². The number of anilines is 1. The van der Waals surface area contributed by atoms with Crippen molar-refractivity contribution >= 4 is 53.6 Å². The molecule has 0 aliphatic carbocycles. The number of aryl methyl sites for hydroxylation is 1. The van der Waals surface area contributed by atoms with Crippen LogP contribution in [0.5, 0.6) is 0 Å². The molecule has 2 aromatic rings. The number of nitrogen functional groups attached to an aromatic ring is 1. The molecule has 0 amide bonds. The predicted molar refractivity (Wildman–Crippen MR) is 72.3 cm³/mol. The Morgan fingerprint density at radius 1 is 1.44 bits per heavy atom. The van der Waals surface area contributed by atoms with Gasteiger partial charge in [-0.3, -0.25) is 0 Å². The van der Waals surface area contributed by atoms with Crippen molar-refractivity contribution in [1.29, 1.82) is 0 Å². The van der Waals surface area contributed by atoms with Crippen LogP contribution in [0.25, 0.3) is 0 Å². The molecule has 0 radical (unpaired) electrons. The Morgan fingerprint density at radius 2 is 2.12 bits per heavy atom. The summed E-state index contributed by atoms with van der Waals surface area (Å²) in [4.78, 5) is 0. The van der Waals surface area contributed by atoms with Gasteiger partial charge in [0.15, 0.2) is 4.67 Å². The molecule has 0 aliphatic rings. The standard InChI is InChI=1S/C9H8Br3N3O/c1-4-7(11)9(13)15(14-4)3-5-2-6(10)8(12)16-5/h2H,3,13H2,1H3. The average molecular weight is 414 g/mol. The van der Waals surface area contributed by atoms with E-state index in [1.807, 2.05) is 13.0 Å². The summed E-state index contributed by atoms with van der Waals surface area (Å²) < 4.78 is 9.53. The van der Waals surface area contributed by atoms with Gasteiger partial charge >= 0.3 is 0 Å². The summed E-state index contributed by atoms with van der Waals surface area (Å²) >= 11 is 10.0. The zero-order valence-electron chi connectivity index (χ0n) is 8.30. The molecular formula is C9H8Br3N3O. The van der Waals surface area contributed by atoms with Crippen LogP contribution >= 0.6 is 47.8 Å².